The molecule has 0 spiro atoms. The Labute approximate surface area is 189 Å². The van der Waals surface area contributed by atoms with Gasteiger partial charge in [0.15, 0.2) is 5.52 Å². The van der Waals surface area contributed by atoms with E-state index in [1.54, 1.807) is 28.7 Å². The molecule has 0 unspecified atom stereocenters. The highest BCUT2D eigenvalue weighted by Gasteiger charge is 2.34. The quantitative estimate of drug-likeness (QED) is 0.479. The Morgan fingerprint density at radius 3 is 2.67 bits per heavy atom. The van der Waals surface area contributed by atoms with Crippen molar-refractivity contribution in [1.82, 2.24) is 34.4 Å². The number of likely N-dealkylation sites (tertiary alicyclic amines) is 1. The van der Waals surface area contributed by atoms with Crippen LogP contribution in [0.5, 0.6) is 0 Å². The summed E-state index contributed by atoms with van der Waals surface area (Å²) in [5, 5.41) is 19.6. The van der Waals surface area contributed by atoms with E-state index >= 15 is 0 Å². The lowest BCUT2D eigenvalue weighted by molar-refractivity contribution is -0.0236. The first kappa shape index (κ1) is 21.5. The zero-order valence-corrected chi connectivity index (χ0v) is 18.6. The lowest BCUT2D eigenvalue weighted by Crippen LogP contribution is -2.45. The molecule has 2 N–H and O–H groups in total. The summed E-state index contributed by atoms with van der Waals surface area (Å²) in [7, 11) is 3.59. The van der Waals surface area contributed by atoms with E-state index in [-0.39, 0.29) is 16.9 Å². The standard InChI is InChI=1S/C23H26FN7O2/c1-29-12-17(11-27-29)15-3-4-16(18(24)9-15)13-31-7-5-23(33,6-8-31)10-19-20-21(28-30(19)2)22(32)26-14-25-20/h3-4,9,11-12,14,33H,5-8,10,13H2,1-2H3,(H,25,26,32). The van der Waals surface area contributed by atoms with Crippen LogP contribution in [0.15, 0.2) is 41.7 Å². The zero-order chi connectivity index (χ0) is 23.2. The first-order valence-corrected chi connectivity index (χ1v) is 10.9. The third-order valence-corrected chi connectivity index (χ3v) is 6.51. The van der Waals surface area contributed by atoms with E-state index in [0.717, 1.165) is 16.8 Å². The average Bonchev–Trinajstić information content (AvgIpc) is 3.36. The molecular weight excluding hydrogens is 425 g/mol. The summed E-state index contributed by atoms with van der Waals surface area (Å²) in [6, 6.07) is 5.29. The molecule has 10 heteroatoms. The summed E-state index contributed by atoms with van der Waals surface area (Å²) in [6.45, 7) is 1.77. The van der Waals surface area contributed by atoms with E-state index in [0.29, 0.717) is 50.0 Å². The van der Waals surface area contributed by atoms with Gasteiger partial charge in [0.1, 0.15) is 11.3 Å². The minimum atomic E-state index is -0.926. The summed E-state index contributed by atoms with van der Waals surface area (Å²) >= 11 is 0. The molecule has 1 aliphatic rings. The number of nitrogens with one attached hydrogen (secondary N) is 1. The van der Waals surface area contributed by atoms with E-state index in [4.69, 9.17) is 0 Å². The van der Waals surface area contributed by atoms with Crippen LogP contribution in [0.2, 0.25) is 0 Å². The molecule has 0 atom stereocenters. The Kier molecular flexibility index (Phi) is 5.34. The summed E-state index contributed by atoms with van der Waals surface area (Å²) in [6.07, 6.45) is 6.37. The van der Waals surface area contributed by atoms with Crippen LogP contribution in [0.3, 0.4) is 0 Å². The number of rotatable bonds is 5. The van der Waals surface area contributed by atoms with Gasteiger partial charge in [0.25, 0.3) is 5.56 Å². The number of nitrogens with zero attached hydrogens (tertiary/aromatic N) is 6. The van der Waals surface area contributed by atoms with Gasteiger partial charge in [0.05, 0.1) is 23.8 Å². The van der Waals surface area contributed by atoms with Crippen molar-refractivity contribution >= 4 is 11.0 Å². The number of hydrogen-bond donors (Lipinski definition) is 2. The fraction of sp³-hybridized carbons (Fsp3) is 0.391. The lowest BCUT2D eigenvalue weighted by atomic mass is 9.86. The first-order chi connectivity index (χ1) is 15.8. The monoisotopic (exact) mass is 451 g/mol. The number of aromatic amines is 1. The largest absolute Gasteiger partial charge is 0.389 e. The van der Waals surface area contributed by atoms with Crippen LogP contribution in [0, 0.1) is 5.82 Å². The molecule has 0 aliphatic carbocycles. The average molecular weight is 452 g/mol. The highest BCUT2D eigenvalue weighted by Crippen LogP contribution is 2.29. The second-order valence-electron chi connectivity index (χ2n) is 8.89. The van der Waals surface area contributed by atoms with Crippen molar-refractivity contribution in [2.45, 2.75) is 31.4 Å². The maximum Gasteiger partial charge on any atom is 0.279 e. The number of aromatic nitrogens is 6. The number of piperidine rings is 1. The van der Waals surface area contributed by atoms with Gasteiger partial charge in [-0.15, -0.1) is 0 Å². The van der Waals surface area contributed by atoms with Crippen LogP contribution in [0.25, 0.3) is 22.2 Å². The van der Waals surface area contributed by atoms with E-state index in [2.05, 4.69) is 25.1 Å². The maximum absolute atomic E-state index is 14.8. The van der Waals surface area contributed by atoms with Gasteiger partial charge in [0.2, 0.25) is 0 Å². The fourth-order valence-electron chi connectivity index (χ4n) is 4.54. The molecule has 1 aromatic carbocycles. The van der Waals surface area contributed by atoms with Crippen molar-refractivity contribution < 1.29 is 9.50 Å². The smallest absolute Gasteiger partial charge is 0.279 e. The molecule has 0 bridgehead atoms. The van der Waals surface area contributed by atoms with Crippen LogP contribution >= 0.6 is 0 Å². The van der Waals surface area contributed by atoms with Crippen molar-refractivity contribution in [3.63, 3.8) is 0 Å². The summed E-state index contributed by atoms with van der Waals surface area (Å²) in [5.74, 6) is -0.241. The minimum Gasteiger partial charge on any atom is -0.389 e. The maximum atomic E-state index is 14.8. The van der Waals surface area contributed by atoms with Crippen LogP contribution in [-0.2, 0) is 27.1 Å². The number of H-pyrrole nitrogens is 1. The SMILES string of the molecule is Cn1cc(-c2ccc(CN3CCC(O)(Cc4c5nc[nH]c(=O)c5nn4C)CC3)c(F)c2)cn1. The van der Waals surface area contributed by atoms with E-state index in [9.17, 15) is 14.3 Å². The van der Waals surface area contributed by atoms with Gasteiger partial charge >= 0.3 is 0 Å². The highest BCUT2D eigenvalue weighted by atomic mass is 19.1. The molecule has 1 saturated heterocycles. The number of aliphatic hydroxyl groups is 1. The van der Waals surface area contributed by atoms with Crippen LogP contribution in [0.1, 0.15) is 24.1 Å². The second-order valence-corrected chi connectivity index (χ2v) is 8.89. The van der Waals surface area contributed by atoms with Gasteiger partial charge < -0.3 is 10.1 Å². The van der Waals surface area contributed by atoms with Crippen molar-refractivity contribution in [2.75, 3.05) is 13.1 Å². The molecule has 4 aromatic rings. The topological polar surface area (TPSA) is 105 Å². The first-order valence-electron chi connectivity index (χ1n) is 10.9. The van der Waals surface area contributed by atoms with E-state index in [1.807, 2.05) is 25.4 Å². The van der Waals surface area contributed by atoms with Gasteiger partial charge in [-0.2, -0.15) is 10.2 Å². The molecule has 0 saturated carbocycles. The molecule has 1 aliphatic heterocycles. The van der Waals surface area contributed by atoms with Gasteiger partial charge in [-0.25, -0.2) is 9.37 Å². The predicted octanol–water partition coefficient (Wildman–Crippen LogP) is 1.77. The lowest BCUT2D eigenvalue weighted by Gasteiger charge is -2.38. The molecule has 0 amide bonds. The Morgan fingerprint density at radius 2 is 1.97 bits per heavy atom. The predicted molar refractivity (Wildman–Crippen MR) is 121 cm³/mol. The Morgan fingerprint density at radius 1 is 1.18 bits per heavy atom. The van der Waals surface area contributed by atoms with E-state index in [1.165, 1.54) is 6.33 Å². The third-order valence-electron chi connectivity index (χ3n) is 6.51. The molecule has 172 valence electrons. The van der Waals surface area contributed by atoms with E-state index < -0.39 is 5.60 Å². The van der Waals surface area contributed by atoms with Crippen molar-refractivity contribution in [3.05, 3.63) is 64.3 Å². The minimum absolute atomic E-state index is 0.241. The summed E-state index contributed by atoms with van der Waals surface area (Å²) < 4.78 is 18.1. The second kappa shape index (κ2) is 8.20. The molecule has 0 radical (unpaired) electrons. The molecule has 4 heterocycles. The zero-order valence-electron chi connectivity index (χ0n) is 18.6. The van der Waals surface area contributed by atoms with Crippen LogP contribution < -0.4 is 5.56 Å². The van der Waals surface area contributed by atoms with Gasteiger partial charge in [0, 0.05) is 57.5 Å². The third kappa shape index (κ3) is 4.19. The van der Waals surface area contributed by atoms with Crippen molar-refractivity contribution in [2.24, 2.45) is 14.1 Å². The van der Waals surface area contributed by atoms with Gasteiger partial charge in [-0.1, -0.05) is 12.1 Å². The molecule has 1 fully saturated rings. The number of fused-ring (bicyclic) bond motifs is 1. The van der Waals surface area contributed by atoms with Crippen molar-refractivity contribution in [3.8, 4) is 11.1 Å². The highest BCUT2D eigenvalue weighted by molar-refractivity contribution is 5.75. The molecule has 9 nitrogen and oxygen atoms in total. The molecule has 3 aromatic heterocycles. The summed E-state index contributed by atoms with van der Waals surface area (Å²) in [5.41, 5.74) is 2.63. The van der Waals surface area contributed by atoms with Gasteiger partial charge in [-0.05, 0) is 24.5 Å². The molecule has 5 rings (SSSR count). The number of benzene rings is 1. The molecule has 33 heavy (non-hydrogen) atoms. The van der Waals surface area contributed by atoms with Gasteiger partial charge in [-0.3, -0.25) is 19.1 Å². The van der Waals surface area contributed by atoms with Crippen LogP contribution in [0.4, 0.5) is 4.39 Å². The Hall–Kier alpha value is -3.37. The Bertz CT molecular complexity index is 1360. The number of halogens is 1. The molecular formula is C23H26FN7O2. The summed E-state index contributed by atoms with van der Waals surface area (Å²) in [4.78, 5) is 20.9. The van der Waals surface area contributed by atoms with Crippen molar-refractivity contribution in [1.29, 1.82) is 0 Å². The fourth-order valence-corrected chi connectivity index (χ4v) is 4.54. The normalized spacial score (nSPS) is 16.5. The Balaban J connectivity index is 1.25. The van der Waals surface area contributed by atoms with Crippen LogP contribution in [-0.4, -0.2) is 58.2 Å². The number of hydrogen-bond acceptors (Lipinski definition) is 6. The number of aryl methyl sites for hydroxylation is 2.